The first kappa shape index (κ1) is 9.38. The molecule has 1 aromatic carbocycles. The monoisotopic (exact) mass is 305 g/mol. The summed E-state index contributed by atoms with van der Waals surface area (Å²) in [5.74, 6) is -0.606. The van der Waals surface area contributed by atoms with Crippen molar-refractivity contribution >= 4 is 34.2 Å². The van der Waals surface area contributed by atoms with Crippen molar-refractivity contribution in [1.82, 2.24) is 0 Å². The molecule has 6 heteroatoms. The number of benzene rings is 1. The number of carbonyl (C=O) groups is 1. The molecule has 1 aliphatic rings. The third kappa shape index (κ3) is 1.26. The lowest BCUT2D eigenvalue weighted by Crippen LogP contribution is -2.02. The summed E-state index contributed by atoms with van der Waals surface area (Å²) in [6.45, 7) is 0.131. The number of carbonyl (C=O) groups excluding carboxylic acids is 1. The number of ether oxygens (including phenoxy) is 1. The Labute approximate surface area is 92.3 Å². The van der Waals surface area contributed by atoms with Gasteiger partial charge in [-0.3, -0.25) is 10.1 Å². The van der Waals surface area contributed by atoms with E-state index in [0.717, 1.165) is 0 Å². The second kappa shape index (κ2) is 3.19. The highest BCUT2D eigenvalue weighted by Crippen LogP contribution is 2.32. The first-order valence-electron chi connectivity index (χ1n) is 3.74. The van der Waals surface area contributed by atoms with Crippen molar-refractivity contribution < 1.29 is 14.5 Å². The fourth-order valence-corrected chi connectivity index (χ4v) is 2.00. The molecule has 0 spiro atoms. The maximum atomic E-state index is 11.2. The maximum absolute atomic E-state index is 11.2. The predicted octanol–water partition coefficient (Wildman–Crippen LogP) is 1.87. The van der Waals surface area contributed by atoms with Gasteiger partial charge in [0.25, 0.3) is 5.69 Å². The van der Waals surface area contributed by atoms with Crippen LogP contribution in [0.15, 0.2) is 12.1 Å². The Morgan fingerprint density at radius 3 is 2.86 bits per heavy atom. The SMILES string of the molecule is O=C1OCc2ccc(I)c([N+](=O)[O-])c21. The minimum atomic E-state index is -0.606. The predicted molar refractivity (Wildman–Crippen MR) is 54.9 cm³/mol. The normalized spacial score (nSPS) is 13.6. The van der Waals surface area contributed by atoms with E-state index in [1.54, 1.807) is 12.1 Å². The van der Waals surface area contributed by atoms with Crippen molar-refractivity contribution in [2.75, 3.05) is 0 Å². The van der Waals surface area contributed by atoms with E-state index in [4.69, 9.17) is 4.74 Å². The average Bonchev–Trinajstić information content (AvgIpc) is 2.47. The smallest absolute Gasteiger partial charge is 0.345 e. The molecule has 1 aromatic rings. The van der Waals surface area contributed by atoms with E-state index >= 15 is 0 Å². The Morgan fingerprint density at radius 1 is 1.50 bits per heavy atom. The van der Waals surface area contributed by atoms with Crippen molar-refractivity contribution in [2.24, 2.45) is 0 Å². The number of rotatable bonds is 1. The fraction of sp³-hybridized carbons (Fsp3) is 0.125. The van der Waals surface area contributed by atoms with Gasteiger partial charge in [0.2, 0.25) is 0 Å². The van der Waals surface area contributed by atoms with E-state index in [2.05, 4.69) is 0 Å². The van der Waals surface area contributed by atoms with Crippen molar-refractivity contribution in [3.8, 4) is 0 Å². The van der Waals surface area contributed by atoms with Gasteiger partial charge in [0.05, 0.1) is 8.49 Å². The molecule has 5 nitrogen and oxygen atoms in total. The number of nitro benzene ring substituents is 1. The second-order valence-electron chi connectivity index (χ2n) is 2.76. The highest BCUT2D eigenvalue weighted by atomic mass is 127. The molecule has 0 saturated carbocycles. The Hall–Kier alpha value is -1.18. The van der Waals surface area contributed by atoms with Crippen LogP contribution in [0.1, 0.15) is 15.9 Å². The topological polar surface area (TPSA) is 69.4 Å². The second-order valence-corrected chi connectivity index (χ2v) is 3.93. The molecule has 0 fully saturated rings. The van der Waals surface area contributed by atoms with Crippen LogP contribution in [0.4, 0.5) is 5.69 Å². The zero-order valence-electron chi connectivity index (χ0n) is 6.82. The summed E-state index contributed by atoms with van der Waals surface area (Å²) in [5, 5.41) is 10.7. The molecular weight excluding hydrogens is 301 g/mol. The van der Waals surface area contributed by atoms with Crippen molar-refractivity contribution in [3.05, 3.63) is 36.9 Å². The van der Waals surface area contributed by atoms with E-state index in [-0.39, 0.29) is 17.9 Å². The summed E-state index contributed by atoms with van der Waals surface area (Å²) in [6.07, 6.45) is 0. The first-order valence-corrected chi connectivity index (χ1v) is 4.82. The summed E-state index contributed by atoms with van der Waals surface area (Å²) in [5.41, 5.74) is 0.537. The number of hydrogen-bond donors (Lipinski definition) is 0. The Morgan fingerprint density at radius 2 is 2.21 bits per heavy atom. The summed E-state index contributed by atoms with van der Waals surface area (Å²) >= 11 is 1.83. The quantitative estimate of drug-likeness (QED) is 0.344. The standard InChI is InChI=1S/C8H4INO4/c9-5-2-1-4-3-14-8(11)6(4)7(5)10(12)13/h1-2H,3H2. The van der Waals surface area contributed by atoms with Gasteiger partial charge in [-0.15, -0.1) is 0 Å². The van der Waals surface area contributed by atoms with Crippen LogP contribution < -0.4 is 0 Å². The molecule has 0 N–H and O–H groups in total. The summed E-state index contributed by atoms with van der Waals surface area (Å²) in [7, 11) is 0. The summed E-state index contributed by atoms with van der Waals surface area (Å²) in [6, 6.07) is 3.29. The number of nitro groups is 1. The van der Waals surface area contributed by atoms with Crippen LogP contribution in [-0.4, -0.2) is 10.9 Å². The zero-order valence-corrected chi connectivity index (χ0v) is 8.98. The van der Waals surface area contributed by atoms with Crippen LogP contribution in [0, 0.1) is 13.7 Å². The molecule has 0 bridgehead atoms. The van der Waals surface area contributed by atoms with Crippen LogP contribution in [0.3, 0.4) is 0 Å². The van der Waals surface area contributed by atoms with E-state index < -0.39 is 10.9 Å². The van der Waals surface area contributed by atoms with Gasteiger partial charge in [-0.2, -0.15) is 0 Å². The van der Waals surface area contributed by atoms with Crippen molar-refractivity contribution in [2.45, 2.75) is 6.61 Å². The minimum Gasteiger partial charge on any atom is -0.457 e. The number of cyclic esters (lactones) is 1. The largest absolute Gasteiger partial charge is 0.457 e. The highest BCUT2D eigenvalue weighted by Gasteiger charge is 2.32. The molecule has 72 valence electrons. The van der Waals surface area contributed by atoms with E-state index in [0.29, 0.717) is 9.13 Å². The molecule has 0 aliphatic carbocycles. The number of halogens is 1. The van der Waals surface area contributed by atoms with Gasteiger partial charge in [0, 0.05) is 5.56 Å². The molecule has 14 heavy (non-hydrogen) atoms. The summed E-state index contributed by atoms with van der Waals surface area (Å²) < 4.78 is 5.17. The van der Waals surface area contributed by atoms with Crippen molar-refractivity contribution in [3.63, 3.8) is 0 Å². The Bertz CT molecular complexity index is 443. The van der Waals surface area contributed by atoms with E-state index in [1.165, 1.54) is 0 Å². The van der Waals surface area contributed by atoms with Crippen LogP contribution in [0.5, 0.6) is 0 Å². The Balaban J connectivity index is 2.74. The molecule has 0 atom stereocenters. The third-order valence-electron chi connectivity index (χ3n) is 1.96. The van der Waals surface area contributed by atoms with Crippen LogP contribution in [0.2, 0.25) is 0 Å². The minimum absolute atomic E-state index is 0.0990. The first-order chi connectivity index (χ1) is 6.61. The van der Waals surface area contributed by atoms with Gasteiger partial charge in [0.15, 0.2) is 0 Å². The molecular formula is C8H4INO4. The lowest BCUT2D eigenvalue weighted by atomic mass is 10.1. The number of esters is 1. The lowest BCUT2D eigenvalue weighted by molar-refractivity contribution is -0.386. The summed E-state index contributed by atoms with van der Waals surface area (Å²) in [4.78, 5) is 21.4. The molecule has 0 amide bonds. The van der Waals surface area contributed by atoms with Crippen LogP contribution in [0.25, 0.3) is 0 Å². The zero-order chi connectivity index (χ0) is 10.3. The van der Waals surface area contributed by atoms with Gasteiger partial charge < -0.3 is 4.74 Å². The van der Waals surface area contributed by atoms with Gasteiger partial charge in [-0.1, -0.05) is 6.07 Å². The lowest BCUT2D eigenvalue weighted by Gasteiger charge is -1.98. The van der Waals surface area contributed by atoms with Gasteiger partial charge >= 0.3 is 5.97 Å². The molecule has 0 saturated heterocycles. The third-order valence-corrected chi connectivity index (χ3v) is 2.83. The van der Waals surface area contributed by atoms with Crippen LogP contribution >= 0.6 is 22.6 Å². The van der Waals surface area contributed by atoms with E-state index in [9.17, 15) is 14.9 Å². The number of fused-ring (bicyclic) bond motifs is 1. The number of hydrogen-bond acceptors (Lipinski definition) is 4. The molecule has 0 aromatic heterocycles. The van der Waals surface area contributed by atoms with Gasteiger partial charge in [0.1, 0.15) is 12.2 Å². The molecule has 2 rings (SSSR count). The molecule has 0 radical (unpaired) electrons. The fourth-order valence-electron chi connectivity index (χ4n) is 1.35. The van der Waals surface area contributed by atoms with E-state index in [1.807, 2.05) is 22.6 Å². The average molecular weight is 305 g/mol. The highest BCUT2D eigenvalue weighted by molar-refractivity contribution is 14.1. The Kier molecular flexibility index (Phi) is 2.14. The van der Waals surface area contributed by atoms with Gasteiger partial charge in [-0.05, 0) is 28.7 Å². The number of nitrogens with zero attached hydrogens (tertiary/aromatic N) is 1. The maximum Gasteiger partial charge on any atom is 0.345 e. The van der Waals surface area contributed by atoms with Crippen LogP contribution in [-0.2, 0) is 11.3 Å². The molecule has 1 aliphatic heterocycles. The molecule has 0 unspecified atom stereocenters. The van der Waals surface area contributed by atoms with Crippen molar-refractivity contribution in [1.29, 1.82) is 0 Å². The molecule has 1 heterocycles. The van der Waals surface area contributed by atoms with Gasteiger partial charge in [-0.25, -0.2) is 4.79 Å².